The molecule has 0 aliphatic heterocycles. The van der Waals surface area contributed by atoms with Crippen LogP contribution < -0.4 is 11.1 Å². The Labute approximate surface area is 183 Å². The summed E-state index contributed by atoms with van der Waals surface area (Å²) >= 11 is 1.58. The van der Waals surface area contributed by atoms with Crippen LogP contribution >= 0.6 is 11.8 Å². The number of rotatable bonds is 15. The molecule has 1 fully saturated rings. The number of nitrogens with two attached hydrogens (primary N) is 1. The molecule has 168 valence electrons. The minimum Gasteiger partial charge on any atom is -0.460 e. The molecule has 0 aromatic carbocycles. The average Bonchev–Trinajstić information content (AvgIpc) is 3.36. The third-order valence-electron chi connectivity index (χ3n) is 4.67. The topological polar surface area (TPSA) is 108 Å². The summed E-state index contributed by atoms with van der Waals surface area (Å²) in [7, 11) is 0. The summed E-state index contributed by atoms with van der Waals surface area (Å²) < 4.78 is 9.97. The van der Waals surface area contributed by atoms with Gasteiger partial charge in [-0.3, -0.25) is 9.59 Å². The van der Waals surface area contributed by atoms with Crippen LogP contribution in [0.5, 0.6) is 0 Å². The number of allylic oxidation sites excluding steroid dienone is 1. The van der Waals surface area contributed by atoms with Gasteiger partial charge in [0, 0.05) is 11.7 Å². The monoisotopic (exact) mass is 438 g/mol. The number of esters is 2. The summed E-state index contributed by atoms with van der Waals surface area (Å²) in [6.07, 6.45) is 7.84. The van der Waals surface area contributed by atoms with Gasteiger partial charge in [0.2, 0.25) is 5.91 Å². The van der Waals surface area contributed by atoms with Crippen LogP contribution in [-0.2, 0) is 23.9 Å². The molecule has 1 saturated carbocycles. The van der Waals surface area contributed by atoms with Crippen LogP contribution in [0.4, 0.5) is 0 Å². The van der Waals surface area contributed by atoms with Gasteiger partial charge in [0.05, 0.1) is 0 Å². The fourth-order valence-electron chi connectivity index (χ4n) is 2.65. The molecule has 1 aliphatic carbocycles. The van der Waals surface area contributed by atoms with Crippen LogP contribution in [0.2, 0.25) is 0 Å². The number of hydrogen-bond donors (Lipinski definition) is 2. The van der Waals surface area contributed by atoms with Crippen LogP contribution in [0.1, 0.15) is 39.5 Å². The van der Waals surface area contributed by atoms with Gasteiger partial charge in [0.25, 0.3) is 0 Å². The number of carbonyl (C=O) groups excluding carboxylic acids is 3. The largest absolute Gasteiger partial charge is 0.460 e. The summed E-state index contributed by atoms with van der Waals surface area (Å²) in [5.41, 5.74) is 5.94. The van der Waals surface area contributed by atoms with Crippen LogP contribution in [0, 0.1) is 11.3 Å². The quantitative estimate of drug-likeness (QED) is 0.175. The highest BCUT2D eigenvalue weighted by Crippen LogP contribution is 2.51. The molecule has 30 heavy (non-hydrogen) atoms. The molecular weight excluding hydrogens is 404 g/mol. The van der Waals surface area contributed by atoms with Gasteiger partial charge >= 0.3 is 11.9 Å². The maximum Gasteiger partial charge on any atom is 0.354 e. The molecule has 0 unspecified atom stereocenters. The summed E-state index contributed by atoms with van der Waals surface area (Å²) in [6.45, 7) is 11.3. The molecule has 7 nitrogen and oxygen atoms in total. The Morgan fingerprint density at radius 1 is 1.20 bits per heavy atom. The molecule has 0 radical (unpaired) electrons. The van der Waals surface area contributed by atoms with E-state index in [9.17, 15) is 14.4 Å². The van der Waals surface area contributed by atoms with E-state index < -0.39 is 18.0 Å². The third-order valence-corrected chi connectivity index (χ3v) is 5.85. The fourth-order valence-corrected chi connectivity index (χ4v) is 3.62. The number of nitrogens with one attached hydrogen (secondary N) is 1. The van der Waals surface area contributed by atoms with E-state index in [0.717, 1.165) is 25.0 Å². The zero-order valence-electron chi connectivity index (χ0n) is 18.0. The average molecular weight is 439 g/mol. The first-order valence-corrected chi connectivity index (χ1v) is 11.3. The van der Waals surface area contributed by atoms with Crippen molar-refractivity contribution in [3.05, 3.63) is 37.1 Å². The molecular formula is C22H34N2O5S. The van der Waals surface area contributed by atoms with Gasteiger partial charge in [-0.05, 0) is 36.9 Å². The maximum absolute atomic E-state index is 12.3. The minimum absolute atomic E-state index is 0.0175. The lowest BCUT2D eigenvalue weighted by molar-refractivity contribution is -0.143. The molecule has 2 atom stereocenters. The van der Waals surface area contributed by atoms with Crippen molar-refractivity contribution in [2.24, 2.45) is 17.1 Å². The standard InChI is InChI=1S/C22H34N2O5S/c1-5-11-28-20(26)17(23)15-30-13-9-7-8-10-18(21(27)29-12-6-2)24-19(25)16-14-22(16,3)4/h5-6,10,16-17H,1-2,7-9,11-15,23H2,3-4H3,(H,24,25)/b18-10-/t16-,17+/m0/s1. The Balaban J connectivity index is 2.37. The van der Waals surface area contributed by atoms with Gasteiger partial charge in [0.15, 0.2) is 0 Å². The summed E-state index contributed by atoms with van der Waals surface area (Å²) in [4.78, 5) is 36.1. The first kappa shape index (κ1) is 26.0. The Morgan fingerprint density at radius 3 is 2.43 bits per heavy atom. The molecule has 0 spiro atoms. The predicted molar refractivity (Wildman–Crippen MR) is 120 cm³/mol. The lowest BCUT2D eigenvalue weighted by Crippen LogP contribution is -2.34. The molecule has 8 heteroatoms. The van der Waals surface area contributed by atoms with Crippen molar-refractivity contribution in [1.29, 1.82) is 0 Å². The van der Waals surface area contributed by atoms with Crippen LogP contribution in [-0.4, -0.2) is 48.6 Å². The Morgan fingerprint density at radius 2 is 1.83 bits per heavy atom. The van der Waals surface area contributed by atoms with Gasteiger partial charge in [-0.1, -0.05) is 45.2 Å². The molecule has 0 heterocycles. The molecule has 0 aromatic rings. The molecule has 1 aliphatic rings. The van der Waals surface area contributed by atoms with E-state index >= 15 is 0 Å². The van der Waals surface area contributed by atoms with Crippen molar-refractivity contribution in [2.45, 2.75) is 45.6 Å². The van der Waals surface area contributed by atoms with Crippen molar-refractivity contribution in [3.63, 3.8) is 0 Å². The maximum atomic E-state index is 12.3. The second-order valence-electron chi connectivity index (χ2n) is 7.84. The van der Waals surface area contributed by atoms with Crippen LogP contribution in [0.3, 0.4) is 0 Å². The normalized spacial score (nSPS) is 18.1. The smallest absolute Gasteiger partial charge is 0.354 e. The van der Waals surface area contributed by atoms with Gasteiger partial charge in [0.1, 0.15) is 25.0 Å². The van der Waals surface area contributed by atoms with E-state index in [2.05, 4.69) is 18.5 Å². The zero-order chi connectivity index (χ0) is 22.6. The number of thioether (sulfide) groups is 1. The van der Waals surface area contributed by atoms with Gasteiger partial charge in [-0.2, -0.15) is 11.8 Å². The van der Waals surface area contributed by atoms with Crippen molar-refractivity contribution in [2.75, 3.05) is 24.7 Å². The Bertz CT molecular complexity index is 660. The lowest BCUT2D eigenvalue weighted by Gasteiger charge is -2.11. The number of ether oxygens (including phenoxy) is 2. The number of hydrogen-bond acceptors (Lipinski definition) is 7. The van der Waals surface area contributed by atoms with Crippen molar-refractivity contribution in [3.8, 4) is 0 Å². The van der Waals surface area contributed by atoms with Crippen molar-refractivity contribution in [1.82, 2.24) is 5.32 Å². The van der Waals surface area contributed by atoms with E-state index in [4.69, 9.17) is 15.2 Å². The highest BCUT2D eigenvalue weighted by atomic mass is 32.2. The van der Waals surface area contributed by atoms with Gasteiger partial charge in [-0.15, -0.1) is 0 Å². The highest BCUT2D eigenvalue weighted by molar-refractivity contribution is 7.99. The Kier molecular flexibility index (Phi) is 11.5. The van der Waals surface area contributed by atoms with Crippen LogP contribution in [0.15, 0.2) is 37.1 Å². The van der Waals surface area contributed by atoms with E-state index in [1.165, 1.54) is 12.2 Å². The van der Waals surface area contributed by atoms with Gasteiger partial charge in [-0.25, -0.2) is 4.79 Å². The molecule has 3 N–H and O–H groups in total. The van der Waals surface area contributed by atoms with E-state index in [1.807, 2.05) is 13.8 Å². The summed E-state index contributed by atoms with van der Waals surface area (Å²) in [5, 5.41) is 2.72. The third kappa shape index (κ3) is 9.63. The van der Waals surface area contributed by atoms with E-state index in [-0.39, 0.29) is 36.2 Å². The minimum atomic E-state index is -0.650. The van der Waals surface area contributed by atoms with Crippen molar-refractivity contribution >= 4 is 29.6 Å². The summed E-state index contributed by atoms with van der Waals surface area (Å²) in [6, 6.07) is -0.650. The second kappa shape index (κ2) is 13.3. The zero-order valence-corrected chi connectivity index (χ0v) is 18.8. The number of unbranched alkanes of at least 4 members (excludes halogenated alkanes) is 2. The van der Waals surface area contributed by atoms with Crippen LogP contribution in [0.25, 0.3) is 0 Å². The first-order chi connectivity index (χ1) is 14.2. The summed E-state index contributed by atoms with van der Waals surface area (Å²) in [5.74, 6) is 0.108. The predicted octanol–water partition coefficient (Wildman–Crippen LogP) is 2.72. The second-order valence-corrected chi connectivity index (χ2v) is 8.99. The van der Waals surface area contributed by atoms with Crippen molar-refractivity contribution < 1.29 is 23.9 Å². The number of amides is 1. The molecule has 1 amide bonds. The van der Waals surface area contributed by atoms with E-state index in [1.54, 1.807) is 17.8 Å². The molecule has 1 rings (SSSR count). The van der Waals surface area contributed by atoms with Gasteiger partial charge < -0.3 is 20.5 Å². The van der Waals surface area contributed by atoms with E-state index in [0.29, 0.717) is 12.2 Å². The number of carbonyl (C=O) groups is 3. The Hall–Kier alpha value is -2.06. The lowest BCUT2D eigenvalue weighted by atomic mass is 10.1. The highest BCUT2D eigenvalue weighted by Gasteiger charge is 2.50. The molecule has 0 saturated heterocycles. The first-order valence-electron chi connectivity index (χ1n) is 10.1. The fraction of sp³-hybridized carbons (Fsp3) is 0.591. The molecule has 0 bridgehead atoms. The SMILES string of the molecule is C=CCOC(=O)/C(=C/CCCCSC[C@@H](N)C(=O)OCC=C)NC(=O)[C@@H]1CC1(C)C. The molecule has 0 aromatic heterocycles.